The second kappa shape index (κ2) is 4.17. The SMILES string of the molecule is Clc1cccc2c(Br)c(-c3ccccc3)nn12. The zero-order valence-corrected chi connectivity index (χ0v) is 11.1. The van der Waals surface area contributed by atoms with Crippen LogP contribution in [0.5, 0.6) is 0 Å². The van der Waals surface area contributed by atoms with Crippen molar-refractivity contribution in [1.29, 1.82) is 0 Å². The molecule has 0 unspecified atom stereocenters. The van der Waals surface area contributed by atoms with Gasteiger partial charge in [-0.1, -0.05) is 48.0 Å². The largest absolute Gasteiger partial charge is 0.220 e. The summed E-state index contributed by atoms with van der Waals surface area (Å²) < 4.78 is 2.69. The third-order valence-corrected chi connectivity index (χ3v) is 3.67. The Balaban J connectivity index is 2.32. The van der Waals surface area contributed by atoms with Gasteiger partial charge in [0.1, 0.15) is 10.8 Å². The van der Waals surface area contributed by atoms with Crippen LogP contribution in [-0.2, 0) is 0 Å². The molecule has 0 aliphatic heterocycles. The summed E-state index contributed by atoms with van der Waals surface area (Å²) in [6.45, 7) is 0. The van der Waals surface area contributed by atoms with Gasteiger partial charge in [-0.3, -0.25) is 0 Å². The molecule has 4 heteroatoms. The van der Waals surface area contributed by atoms with E-state index >= 15 is 0 Å². The van der Waals surface area contributed by atoms with Crippen molar-refractivity contribution in [3.8, 4) is 11.3 Å². The van der Waals surface area contributed by atoms with Crippen LogP contribution in [-0.4, -0.2) is 9.61 Å². The molecule has 2 aromatic heterocycles. The first-order valence-corrected chi connectivity index (χ1v) is 6.32. The van der Waals surface area contributed by atoms with Crippen molar-refractivity contribution in [2.75, 3.05) is 0 Å². The molecule has 0 fully saturated rings. The number of fused-ring (bicyclic) bond motifs is 1. The molecule has 0 bridgehead atoms. The van der Waals surface area contributed by atoms with Crippen LogP contribution >= 0.6 is 27.5 Å². The third-order valence-electron chi connectivity index (χ3n) is 2.60. The molecule has 3 rings (SSSR count). The summed E-state index contributed by atoms with van der Waals surface area (Å²) in [5.41, 5.74) is 2.94. The summed E-state index contributed by atoms with van der Waals surface area (Å²) in [7, 11) is 0. The molecule has 0 spiro atoms. The zero-order valence-electron chi connectivity index (χ0n) is 8.77. The quantitative estimate of drug-likeness (QED) is 0.608. The van der Waals surface area contributed by atoms with Crippen LogP contribution in [0.15, 0.2) is 53.0 Å². The maximum absolute atomic E-state index is 6.11. The number of halogens is 2. The van der Waals surface area contributed by atoms with E-state index in [2.05, 4.69) is 21.0 Å². The molecule has 2 heterocycles. The van der Waals surface area contributed by atoms with Crippen molar-refractivity contribution in [2.45, 2.75) is 0 Å². The molecule has 2 nitrogen and oxygen atoms in total. The molecule has 0 aliphatic rings. The highest BCUT2D eigenvalue weighted by Gasteiger charge is 2.12. The number of benzene rings is 1. The summed E-state index contributed by atoms with van der Waals surface area (Å²) in [6.07, 6.45) is 0. The lowest BCUT2D eigenvalue weighted by molar-refractivity contribution is 0.966. The van der Waals surface area contributed by atoms with Crippen molar-refractivity contribution in [3.63, 3.8) is 0 Å². The van der Waals surface area contributed by atoms with Gasteiger partial charge in [-0.15, -0.1) is 0 Å². The lowest BCUT2D eigenvalue weighted by atomic mass is 10.1. The van der Waals surface area contributed by atoms with Gasteiger partial charge in [0.2, 0.25) is 0 Å². The molecule has 0 saturated heterocycles. The molecule has 0 N–H and O–H groups in total. The van der Waals surface area contributed by atoms with Gasteiger partial charge in [0.05, 0.1) is 9.99 Å². The average molecular weight is 308 g/mol. The Morgan fingerprint density at radius 3 is 2.47 bits per heavy atom. The van der Waals surface area contributed by atoms with E-state index in [1.807, 2.05) is 48.5 Å². The van der Waals surface area contributed by atoms with E-state index in [4.69, 9.17) is 11.6 Å². The highest BCUT2D eigenvalue weighted by molar-refractivity contribution is 9.10. The molecule has 0 atom stereocenters. The predicted octanol–water partition coefficient (Wildman–Crippen LogP) is 4.42. The summed E-state index contributed by atoms with van der Waals surface area (Å²) in [6, 6.07) is 15.7. The van der Waals surface area contributed by atoms with Crippen LogP contribution in [0.25, 0.3) is 16.8 Å². The lowest BCUT2D eigenvalue weighted by Gasteiger charge is -1.95. The molecule has 17 heavy (non-hydrogen) atoms. The van der Waals surface area contributed by atoms with E-state index in [-0.39, 0.29) is 0 Å². The summed E-state index contributed by atoms with van der Waals surface area (Å²) >= 11 is 9.69. The zero-order chi connectivity index (χ0) is 11.8. The van der Waals surface area contributed by atoms with E-state index in [1.165, 1.54) is 0 Å². The van der Waals surface area contributed by atoms with Crippen LogP contribution in [0.4, 0.5) is 0 Å². The Morgan fingerprint density at radius 2 is 1.76 bits per heavy atom. The molecule has 0 radical (unpaired) electrons. The number of rotatable bonds is 1. The maximum Gasteiger partial charge on any atom is 0.131 e. The van der Waals surface area contributed by atoms with Crippen molar-refractivity contribution in [1.82, 2.24) is 9.61 Å². The minimum atomic E-state index is 0.602. The van der Waals surface area contributed by atoms with Gasteiger partial charge in [-0.05, 0) is 28.1 Å². The van der Waals surface area contributed by atoms with Gasteiger partial charge in [0.25, 0.3) is 0 Å². The molecule has 1 aromatic carbocycles. The first-order chi connectivity index (χ1) is 8.27. The highest BCUT2D eigenvalue weighted by Crippen LogP contribution is 2.32. The maximum atomic E-state index is 6.11. The summed E-state index contributed by atoms with van der Waals surface area (Å²) in [5.74, 6) is 0. The van der Waals surface area contributed by atoms with Crippen LogP contribution in [0.3, 0.4) is 0 Å². The van der Waals surface area contributed by atoms with E-state index in [0.717, 1.165) is 21.2 Å². The van der Waals surface area contributed by atoms with Gasteiger partial charge in [0, 0.05) is 5.56 Å². The van der Waals surface area contributed by atoms with E-state index < -0.39 is 0 Å². The van der Waals surface area contributed by atoms with Crippen LogP contribution in [0, 0.1) is 0 Å². The number of hydrogen-bond donors (Lipinski definition) is 0. The van der Waals surface area contributed by atoms with Crippen LogP contribution in [0.1, 0.15) is 0 Å². The van der Waals surface area contributed by atoms with Crippen molar-refractivity contribution in [2.24, 2.45) is 0 Å². The topological polar surface area (TPSA) is 17.3 Å². The molecule has 3 aromatic rings. The van der Waals surface area contributed by atoms with Crippen LogP contribution < -0.4 is 0 Å². The van der Waals surface area contributed by atoms with Gasteiger partial charge in [0.15, 0.2) is 0 Å². The Hall–Kier alpha value is -1.32. The second-order valence-electron chi connectivity index (χ2n) is 3.67. The fourth-order valence-corrected chi connectivity index (χ4v) is 2.60. The number of pyridine rings is 1. The predicted molar refractivity (Wildman–Crippen MR) is 73.3 cm³/mol. The molecular formula is C13H8BrClN2. The first kappa shape index (κ1) is 10.8. The van der Waals surface area contributed by atoms with Gasteiger partial charge < -0.3 is 0 Å². The third kappa shape index (κ3) is 1.75. The molecule has 84 valence electrons. The van der Waals surface area contributed by atoms with E-state index in [1.54, 1.807) is 4.52 Å². The van der Waals surface area contributed by atoms with E-state index in [0.29, 0.717) is 5.15 Å². The summed E-state index contributed by atoms with van der Waals surface area (Å²) in [5, 5.41) is 5.12. The Bertz CT molecular complexity index is 676. The number of aromatic nitrogens is 2. The van der Waals surface area contributed by atoms with Crippen LogP contribution in [0.2, 0.25) is 5.15 Å². The van der Waals surface area contributed by atoms with Crippen molar-refractivity contribution >= 4 is 33.0 Å². The second-order valence-corrected chi connectivity index (χ2v) is 4.85. The molecule has 0 saturated carbocycles. The highest BCUT2D eigenvalue weighted by atomic mass is 79.9. The van der Waals surface area contributed by atoms with Gasteiger partial charge in [-0.2, -0.15) is 5.10 Å². The Labute approximate surface area is 112 Å². The smallest absolute Gasteiger partial charge is 0.131 e. The molecular weight excluding hydrogens is 300 g/mol. The van der Waals surface area contributed by atoms with E-state index in [9.17, 15) is 0 Å². The molecule has 0 amide bonds. The first-order valence-electron chi connectivity index (χ1n) is 5.15. The van der Waals surface area contributed by atoms with Gasteiger partial charge >= 0.3 is 0 Å². The van der Waals surface area contributed by atoms with Crippen molar-refractivity contribution < 1.29 is 0 Å². The normalized spacial score (nSPS) is 10.9. The number of hydrogen-bond acceptors (Lipinski definition) is 1. The Kier molecular flexibility index (Phi) is 2.65. The average Bonchev–Trinajstić information content (AvgIpc) is 2.70. The summed E-state index contributed by atoms with van der Waals surface area (Å²) in [4.78, 5) is 0. The Morgan fingerprint density at radius 1 is 1.00 bits per heavy atom. The monoisotopic (exact) mass is 306 g/mol. The lowest BCUT2D eigenvalue weighted by Crippen LogP contribution is -1.88. The minimum absolute atomic E-state index is 0.602. The number of nitrogens with zero attached hydrogens (tertiary/aromatic N) is 2. The minimum Gasteiger partial charge on any atom is -0.220 e. The molecule has 0 aliphatic carbocycles. The fourth-order valence-electron chi connectivity index (χ4n) is 1.79. The van der Waals surface area contributed by atoms with Crippen molar-refractivity contribution in [3.05, 3.63) is 58.2 Å². The van der Waals surface area contributed by atoms with Gasteiger partial charge in [-0.25, -0.2) is 4.52 Å². The standard InChI is InChI=1S/C13H8BrClN2/c14-12-10-7-4-8-11(15)17(10)16-13(12)9-5-2-1-3-6-9/h1-8H. The fraction of sp³-hybridized carbons (Fsp3) is 0.